The lowest BCUT2D eigenvalue weighted by atomic mass is 10.3. The molecule has 0 fully saturated rings. The van der Waals surface area contributed by atoms with Crippen molar-refractivity contribution in [2.45, 2.75) is 25.1 Å². The van der Waals surface area contributed by atoms with Gasteiger partial charge in [-0.05, 0) is 19.0 Å². The van der Waals surface area contributed by atoms with Gasteiger partial charge in [-0.15, -0.1) is 0 Å². The van der Waals surface area contributed by atoms with Crippen molar-refractivity contribution in [3.8, 4) is 0 Å². The van der Waals surface area contributed by atoms with E-state index in [9.17, 15) is 4.79 Å². The Balaban J connectivity index is 2.32. The summed E-state index contributed by atoms with van der Waals surface area (Å²) in [6, 6.07) is 5.24. The summed E-state index contributed by atoms with van der Waals surface area (Å²) >= 11 is 1.86. The number of hydrogen-bond acceptors (Lipinski definition) is 3. The number of nitrogens with zero attached hydrogens (tertiary/aromatic N) is 1. The largest absolute Gasteiger partial charge is 0.330 e. The predicted octanol–water partition coefficient (Wildman–Crippen LogP) is 1.32. The first-order valence-corrected chi connectivity index (χ1v) is 6.26. The highest BCUT2D eigenvalue weighted by Gasteiger charge is 2.01. The van der Waals surface area contributed by atoms with E-state index in [4.69, 9.17) is 5.73 Å². The number of pyridine rings is 1. The van der Waals surface area contributed by atoms with Crippen molar-refractivity contribution in [3.63, 3.8) is 0 Å². The molecule has 1 heterocycles. The minimum atomic E-state index is 0.0737. The molecule has 1 aromatic rings. The number of rotatable bonds is 6. The van der Waals surface area contributed by atoms with Crippen LogP contribution in [0.2, 0.25) is 0 Å². The van der Waals surface area contributed by atoms with Crippen LogP contribution in [0.3, 0.4) is 0 Å². The summed E-state index contributed by atoms with van der Waals surface area (Å²) in [6.07, 6.45) is 2.87. The quantitative estimate of drug-likeness (QED) is 0.796. The highest BCUT2D eigenvalue weighted by atomic mass is 32.2. The van der Waals surface area contributed by atoms with Crippen LogP contribution in [0.1, 0.15) is 13.3 Å². The van der Waals surface area contributed by atoms with E-state index in [1.165, 1.54) is 0 Å². The number of hydrogen-bond donors (Lipinski definition) is 1. The Hall–Kier alpha value is -0.740. The fraction of sp³-hybridized carbons (Fsp3) is 0.545. The third kappa shape index (κ3) is 4.53. The second-order valence-electron chi connectivity index (χ2n) is 3.49. The van der Waals surface area contributed by atoms with Crippen LogP contribution in [0.4, 0.5) is 0 Å². The molecule has 0 saturated heterocycles. The van der Waals surface area contributed by atoms with Gasteiger partial charge in [-0.25, -0.2) is 0 Å². The van der Waals surface area contributed by atoms with E-state index >= 15 is 0 Å². The van der Waals surface area contributed by atoms with Gasteiger partial charge in [0.05, 0.1) is 0 Å². The lowest BCUT2D eigenvalue weighted by molar-refractivity contribution is 0.731. The summed E-state index contributed by atoms with van der Waals surface area (Å²) in [7, 11) is 0. The third-order valence-corrected chi connectivity index (χ3v) is 3.43. The van der Waals surface area contributed by atoms with Crippen molar-refractivity contribution in [1.82, 2.24) is 4.57 Å². The topological polar surface area (TPSA) is 48.0 Å². The van der Waals surface area contributed by atoms with E-state index in [1.807, 2.05) is 24.0 Å². The molecular formula is C11H18N2OS. The van der Waals surface area contributed by atoms with Gasteiger partial charge in [0.15, 0.2) is 0 Å². The van der Waals surface area contributed by atoms with Crippen LogP contribution in [0, 0.1) is 0 Å². The van der Waals surface area contributed by atoms with Crippen molar-refractivity contribution in [2.24, 2.45) is 5.73 Å². The predicted molar refractivity (Wildman–Crippen MR) is 66.3 cm³/mol. The molecule has 0 amide bonds. The van der Waals surface area contributed by atoms with E-state index in [0.717, 1.165) is 25.3 Å². The zero-order valence-electron chi connectivity index (χ0n) is 9.06. The first kappa shape index (κ1) is 12.3. The molecule has 0 bridgehead atoms. The number of aromatic nitrogens is 1. The van der Waals surface area contributed by atoms with Crippen molar-refractivity contribution >= 4 is 11.8 Å². The van der Waals surface area contributed by atoms with Crippen LogP contribution < -0.4 is 11.3 Å². The molecule has 2 N–H and O–H groups in total. The molecule has 3 nitrogen and oxygen atoms in total. The first-order valence-electron chi connectivity index (χ1n) is 5.21. The monoisotopic (exact) mass is 226 g/mol. The summed E-state index contributed by atoms with van der Waals surface area (Å²) in [4.78, 5) is 11.4. The van der Waals surface area contributed by atoms with E-state index in [0.29, 0.717) is 5.25 Å². The van der Waals surface area contributed by atoms with Gasteiger partial charge in [-0.3, -0.25) is 4.79 Å². The van der Waals surface area contributed by atoms with Crippen LogP contribution in [0.25, 0.3) is 0 Å². The van der Waals surface area contributed by atoms with Crippen LogP contribution in [0.15, 0.2) is 29.2 Å². The average Bonchev–Trinajstić information content (AvgIpc) is 2.21. The normalized spacial score (nSPS) is 12.7. The first-order chi connectivity index (χ1) is 7.24. The molecule has 0 spiro atoms. The van der Waals surface area contributed by atoms with Gasteiger partial charge >= 0.3 is 0 Å². The van der Waals surface area contributed by atoms with Crippen LogP contribution >= 0.6 is 11.8 Å². The van der Waals surface area contributed by atoms with Gasteiger partial charge in [-0.1, -0.05) is 13.0 Å². The Morgan fingerprint density at radius 1 is 1.53 bits per heavy atom. The lowest BCUT2D eigenvalue weighted by Gasteiger charge is -2.10. The maximum absolute atomic E-state index is 11.4. The Morgan fingerprint density at radius 3 is 3.00 bits per heavy atom. The Bertz CT molecular complexity index is 337. The van der Waals surface area contributed by atoms with E-state index in [1.54, 1.807) is 16.7 Å². The third-order valence-electron chi connectivity index (χ3n) is 2.21. The number of thioether (sulfide) groups is 1. The Morgan fingerprint density at radius 2 is 2.33 bits per heavy atom. The molecule has 1 atom stereocenters. The summed E-state index contributed by atoms with van der Waals surface area (Å²) in [5.41, 5.74) is 5.54. The van der Waals surface area contributed by atoms with Crippen molar-refractivity contribution in [2.75, 3.05) is 12.3 Å². The lowest BCUT2D eigenvalue weighted by Crippen LogP contribution is -2.19. The van der Waals surface area contributed by atoms with Gasteiger partial charge < -0.3 is 10.3 Å². The molecule has 1 rings (SSSR count). The molecule has 0 aliphatic rings. The molecule has 0 saturated carbocycles. The zero-order valence-corrected chi connectivity index (χ0v) is 9.87. The van der Waals surface area contributed by atoms with Gasteiger partial charge in [-0.2, -0.15) is 11.8 Å². The summed E-state index contributed by atoms with van der Waals surface area (Å²) in [5, 5.41) is 0.578. The average molecular weight is 226 g/mol. The Kier molecular flexibility index (Phi) is 5.50. The zero-order chi connectivity index (χ0) is 11.1. The van der Waals surface area contributed by atoms with E-state index in [2.05, 4.69) is 6.92 Å². The maximum Gasteiger partial charge on any atom is 0.250 e. The van der Waals surface area contributed by atoms with Crippen molar-refractivity contribution < 1.29 is 0 Å². The highest BCUT2D eigenvalue weighted by molar-refractivity contribution is 7.99. The van der Waals surface area contributed by atoms with Crippen LogP contribution in [0.5, 0.6) is 0 Å². The van der Waals surface area contributed by atoms with E-state index < -0.39 is 0 Å². The summed E-state index contributed by atoms with van der Waals surface area (Å²) in [6.45, 7) is 3.68. The van der Waals surface area contributed by atoms with E-state index in [-0.39, 0.29) is 5.56 Å². The minimum Gasteiger partial charge on any atom is -0.330 e. The fourth-order valence-electron chi connectivity index (χ4n) is 1.32. The SMILES string of the molecule is CC(CCN)SCCn1ccccc1=O. The number of aryl methyl sites for hydroxylation is 1. The number of nitrogens with two attached hydrogens (primary N) is 1. The van der Waals surface area contributed by atoms with Gasteiger partial charge in [0.1, 0.15) is 0 Å². The second kappa shape index (κ2) is 6.69. The highest BCUT2D eigenvalue weighted by Crippen LogP contribution is 2.12. The van der Waals surface area contributed by atoms with Crippen LogP contribution in [-0.2, 0) is 6.54 Å². The molecule has 0 aromatic carbocycles. The van der Waals surface area contributed by atoms with Crippen molar-refractivity contribution in [1.29, 1.82) is 0 Å². The van der Waals surface area contributed by atoms with Crippen molar-refractivity contribution in [3.05, 3.63) is 34.7 Å². The van der Waals surface area contributed by atoms with Gasteiger partial charge in [0, 0.05) is 29.8 Å². The maximum atomic E-state index is 11.4. The molecule has 1 unspecified atom stereocenters. The molecular weight excluding hydrogens is 208 g/mol. The molecule has 0 radical (unpaired) electrons. The molecule has 84 valence electrons. The summed E-state index contributed by atoms with van der Waals surface area (Å²) in [5.74, 6) is 0.963. The molecule has 1 aromatic heterocycles. The molecule has 4 heteroatoms. The summed E-state index contributed by atoms with van der Waals surface area (Å²) < 4.78 is 1.74. The standard InChI is InChI=1S/C11H18N2OS/c1-10(5-6-12)15-9-8-13-7-3-2-4-11(13)14/h2-4,7,10H,5-6,8-9,12H2,1H3. The minimum absolute atomic E-state index is 0.0737. The van der Waals surface area contributed by atoms with Crippen LogP contribution in [-0.4, -0.2) is 22.1 Å². The van der Waals surface area contributed by atoms with Gasteiger partial charge in [0.2, 0.25) is 0 Å². The molecule has 0 aliphatic heterocycles. The smallest absolute Gasteiger partial charge is 0.250 e. The second-order valence-corrected chi connectivity index (χ2v) is 5.04. The Labute approximate surface area is 94.7 Å². The molecule has 15 heavy (non-hydrogen) atoms. The molecule has 0 aliphatic carbocycles. The fourth-order valence-corrected chi connectivity index (χ4v) is 2.32. The van der Waals surface area contributed by atoms with Gasteiger partial charge in [0.25, 0.3) is 5.56 Å².